The van der Waals surface area contributed by atoms with E-state index in [0.717, 1.165) is 0 Å². The van der Waals surface area contributed by atoms with Crippen LogP contribution < -0.4 is 0 Å². The van der Waals surface area contributed by atoms with E-state index in [1.165, 1.54) is 154 Å². The second-order valence-electron chi connectivity index (χ2n) is 26.2. The number of hydrogen-bond donors (Lipinski definition) is 0. The van der Waals surface area contributed by atoms with E-state index in [-0.39, 0.29) is 27.1 Å². The summed E-state index contributed by atoms with van der Waals surface area (Å²) in [6.07, 6.45) is 0. The lowest BCUT2D eigenvalue weighted by Gasteiger charge is -2.28. The Labute approximate surface area is 421 Å². The molecule has 0 heterocycles. The van der Waals surface area contributed by atoms with Crippen molar-refractivity contribution in [3.63, 3.8) is 0 Å². The van der Waals surface area contributed by atoms with E-state index in [1.54, 1.807) is 0 Å². The van der Waals surface area contributed by atoms with Crippen molar-refractivity contribution in [2.75, 3.05) is 0 Å². The fourth-order valence-electron chi connectivity index (χ4n) is 13.1. The van der Waals surface area contributed by atoms with Crippen LogP contribution in [-0.2, 0) is 27.1 Å². The van der Waals surface area contributed by atoms with Gasteiger partial charge in [-0.2, -0.15) is 0 Å². The van der Waals surface area contributed by atoms with Gasteiger partial charge in [0, 0.05) is 5.41 Å². The van der Waals surface area contributed by atoms with Gasteiger partial charge < -0.3 is 0 Å². The number of benzene rings is 11. The molecule has 0 saturated carbocycles. The molecule has 0 nitrogen and oxygen atoms in total. The Morgan fingerprint density at radius 2 is 0.690 bits per heavy atom. The first-order chi connectivity index (χ1) is 33.5. The van der Waals surface area contributed by atoms with Crippen LogP contribution in [0.25, 0.3) is 120 Å². The van der Waals surface area contributed by atoms with Gasteiger partial charge in [0.25, 0.3) is 0 Å². The SMILES string of the molecule is CC(C)(C)c1cc(-c2c3ccccc3c(-c3cc(C(C)(C)C)cc(C(C)(C)C)c3)c3cc4c(cc23)-c2ccc3c5cccc6c7c(cc(c8ccc-4c2c38)c65)C(C)(C)c2ccccc2-7)cc(C(C)(C)C)c1. The van der Waals surface area contributed by atoms with Crippen LogP contribution in [0.15, 0.2) is 146 Å². The largest absolute Gasteiger partial charge is 0.0619 e. The third kappa shape index (κ3) is 6.22. The molecule has 13 rings (SSSR count). The highest BCUT2D eigenvalue weighted by Crippen LogP contribution is 2.58. The summed E-state index contributed by atoms with van der Waals surface area (Å²) in [6.45, 7) is 33.2. The van der Waals surface area contributed by atoms with Crippen molar-refractivity contribution >= 4 is 64.6 Å². The minimum Gasteiger partial charge on any atom is -0.0619 e. The molecule has 0 aromatic heterocycles. The Morgan fingerprint density at radius 1 is 0.268 bits per heavy atom. The second kappa shape index (κ2) is 14.2. The predicted molar refractivity (Wildman–Crippen MR) is 310 cm³/mol. The zero-order valence-electron chi connectivity index (χ0n) is 44.4. The minimum absolute atomic E-state index is 0.0278. The standard InChI is InChI=1S/C71H66/c1-67(2,3)41-30-39(31-42(34-41)68(4,5)6)61-45-20-15-16-21-46(45)62(40-32-43(69(7,8)9)35-44(33-40)70(10,11)12)57-37-55-50-28-29-51-58-38-60-64(52-22-17-18-25-59(52)71(60,13)14)53-24-19-23-47(63(53)58)48-26-27-49(66(50)65(48)51)54(55)36-56(57)61/h15-38H,1-14H3. The normalized spacial score (nSPS) is 14.5. The molecule has 0 amide bonds. The summed E-state index contributed by atoms with van der Waals surface area (Å²) in [7, 11) is 0. The van der Waals surface area contributed by atoms with Gasteiger partial charge in [0.1, 0.15) is 0 Å². The Bertz CT molecular complexity index is 3920. The van der Waals surface area contributed by atoms with Crippen molar-refractivity contribution in [1.29, 1.82) is 0 Å². The second-order valence-corrected chi connectivity index (χ2v) is 26.2. The summed E-state index contributed by atoms with van der Waals surface area (Å²) in [4.78, 5) is 0. The van der Waals surface area contributed by atoms with Crippen molar-refractivity contribution in [3.8, 4) is 55.6 Å². The first kappa shape index (κ1) is 44.2. The van der Waals surface area contributed by atoms with Crippen molar-refractivity contribution in [3.05, 3.63) is 179 Å². The van der Waals surface area contributed by atoms with Crippen LogP contribution in [0, 0.1) is 0 Å². The van der Waals surface area contributed by atoms with E-state index >= 15 is 0 Å². The summed E-state index contributed by atoms with van der Waals surface area (Å²) in [5.41, 5.74) is 21.5. The third-order valence-corrected chi connectivity index (χ3v) is 17.1. The monoisotopic (exact) mass is 919 g/mol. The molecule has 0 radical (unpaired) electrons. The molecule has 71 heavy (non-hydrogen) atoms. The molecule has 0 N–H and O–H groups in total. The van der Waals surface area contributed by atoms with Crippen molar-refractivity contribution < 1.29 is 0 Å². The van der Waals surface area contributed by atoms with Crippen LogP contribution in [-0.4, -0.2) is 0 Å². The topological polar surface area (TPSA) is 0 Å². The highest BCUT2D eigenvalue weighted by Gasteiger charge is 2.38. The van der Waals surface area contributed by atoms with Gasteiger partial charge in [-0.25, -0.2) is 0 Å². The zero-order valence-corrected chi connectivity index (χ0v) is 44.4. The lowest BCUT2D eigenvalue weighted by atomic mass is 9.76. The molecule has 11 aromatic carbocycles. The van der Waals surface area contributed by atoms with Gasteiger partial charge in [-0.05, 0) is 194 Å². The third-order valence-electron chi connectivity index (χ3n) is 17.1. The fraction of sp³-hybridized carbons (Fsp3) is 0.268. The smallest absolute Gasteiger partial charge is 0.0159 e. The van der Waals surface area contributed by atoms with E-state index in [0.29, 0.717) is 0 Å². The van der Waals surface area contributed by atoms with E-state index in [4.69, 9.17) is 0 Å². The van der Waals surface area contributed by atoms with Gasteiger partial charge in [-0.15, -0.1) is 0 Å². The molecule has 0 spiro atoms. The Hall–Kier alpha value is -6.76. The Kier molecular flexibility index (Phi) is 8.85. The molecule has 0 bridgehead atoms. The van der Waals surface area contributed by atoms with Gasteiger partial charge >= 0.3 is 0 Å². The summed E-state index contributed by atoms with van der Waals surface area (Å²) < 4.78 is 0. The summed E-state index contributed by atoms with van der Waals surface area (Å²) in [6, 6.07) is 58.1. The first-order valence-corrected chi connectivity index (χ1v) is 26.2. The lowest BCUT2D eigenvalue weighted by Crippen LogP contribution is -2.16. The summed E-state index contributed by atoms with van der Waals surface area (Å²) >= 11 is 0. The fourth-order valence-corrected chi connectivity index (χ4v) is 13.1. The quantitative estimate of drug-likeness (QED) is 0.120. The predicted octanol–water partition coefficient (Wildman–Crippen LogP) is 20.5. The van der Waals surface area contributed by atoms with Crippen LogP contribution >= 0.6 is 0 Å². The molecule has 0 unspecified atom stereocenters. The van der Waals surface area contributed by atoms with E-state index in [1.807, 2.05) is 0 Å². The van der Waals surface area contributed by atoms with E-state index < -0.39 is 0 Å². The van der Waals surface area contributed by atoms with Gasteiger partial charge in [-0.1, -0.05) is 224 Å². The molecular weight excluding hydrogens is 853 g/mol. The molecular formula is C71H66. The molecule has 11 aromatic rings. The molecule has 2 aliphatic rings. The molecule has 350 valence electrons. The number of rotatable bonds is 2. The number of hydrogen-bond acceptors (Lipinski definition) is 0. The van der Waals surface area contributed by atoms with Crippen LogP contribution in [0.2, 0.25) is 0 Å². The molecule has 0 saturated heterocycles. The Balaban J connectivity index is 1.17. The lowest BCUT2D eigenvalue weighted by molar-refractivity contribution is 0.568. The van der Waals surface area contributed by atoms with Crippen LogP contribution in [0.1, 0.15) is 130 Å². The van der Waals surface area contributed by atoms with Gasteiger partial charge in [-0.3, -0.25) is 0 Å². The van der Waals surface area contributed by atoms with Crippen LogP contribution in [0.3, 0.4) is 0 Å². The van der Waals surface area contributed by atoms with Gasteiger partial charge in [0.15, 0.2) is 0 Å². The highest BCUT2D eigenvalue weighted by molar-refractivity contribution is 6.39. The van der Waals surface area contributed by atoms with Crippen molar-refractivity contribution in [1.82, 2.24) is 0 Å². The summed E-state index contributed by atoms with van der Waals surface area (Å²) in [5.74, 6) is 0. The maximum Gasteiger partial charge on any atom is 0.0159 e. The maximum absolute atomic E-state index is 2.61. The van der Waals surface area contributed by atoms with Crippen LogP contribution in [0.5, 0.6) is 0 Å². The average molecular weight is 919 g/mol. The maximum atomic E-state index is 2.61. The van der Waals surface area contributed by atoms with E-state index in [2.05, 4.69) is 243 Å². The van der Waals surface area contributed by atoms with Crippen molar-refractivity contribution in [2.24, 2.45) is 0 Å². The average Bonchev–Trinajstić information content (AvgIpc) is 3.76. The molecule has 0 aliphatic heterocycles. The van der Waals surface area contributed by atoms with Gasteiger partial charge in [0.05, 0.1) is 0 Å². The summed E-state index contributed by atoms with van der Waals surface area (Å²) in [5, 5.41) is 16.2. The first-order valence-electron chi connectivity index (χ1n) is 26.2. The molecule has 0 heteroatoms. The molecule has 2 aliphatic carbocycles. The number of fused-ring (bicyclic) bond motifs is 11. The van der Waals surface area contributed by atoms with E-state index in [9.17, 15) is 0 Å². The molecule has 0 fully saturated rings. The Morgan fingerprint density at radius 3 is 1.18 bits per heavy atom. The minimum atomic E-state index is -0.100. The van der Waals surface area contributed by atoms with Gasteiger partial charge in [0.2, 0.25) is 0 Å². The zero-order chi connectivity index (χ0) is 49.6. The van der Waals surface area contributed by atoms with Crippen LogP contribution in [0.4, 0.5) is 0 Å². The highest BCUT2D eigenvalue weighted by atomic mass is 14.4. The van der Waals surface area contributed by atoms with Crippen molar-refractivity contribution in [2.45, 2.75) is 124 Å². The molecule has 0 atom stereocenters.